The largest absolute Gasteiger partial charge is 0.438 e. The number of fused-ring (bicyclic) bond motifs is 2. The van der Waals surface area contributed by atoms with Crippen molar-refractivity contribution in [2.45, 2.75) is 25.7 Å². The SMILES string of the molecule is O=C[B]CC1CCN(Cc2ccc3cncc(-c4cc5cccnc5o4)c3c2)CC1. The van der Waals surface area contributed by atoms with Crippen molar-refractivity contribution in [3.8, 4) is 11.3 Å². The van der Waals surface area contributed by atoms with Crippen LogP contribution in [0, 0.1) is 5.92 Å². The summed E-state index contributed by atoms with van der Waals surface area (Å²) < 4.78 is 6.01. The van der Waals surface area contributed by atoms with Gasteiger partial charge in [-0.25, -0.2) is 4.98 Å². The Balaban J connectivity index is 1.39. The number of furan rings is 1. The molecule has 1 fully saturated rings. The fraction of sp³-hybridized carbons (Fsp3) is 0.292. The molecule has 1 aliphatic rings. The molecule has 4 heterocycles. The lowest BCUT2D eigenvalue weighted by atomic mass is 9.69. The fourth-order valence-corrected chi connectivity index (χ4v) is 4.40. The van der Waals surface area contributed by atoms with Crippen LogP contribution in [0.2, 0.25) is 6.32 Å². The number of benzene rings is 1. The lowest BCUT2D eigenvalue weighted by Crippen LogP contribution is -2.33. The van der Waals surface area contributed by atoms with Gasteiger partial charge in [-0.15, -0.1) is 0 Å². The fourth-order valence-electron chi connectivity index (χ4n) is 4.40. The molecule has 1 aromatic carbocycles. The molecular weight excluding hydrogens is 373 g/mol. The Labute approximate surface area is 176 Å². The normalized spacial score (nSPS) is 15.6. The van der Waals surface area contributed by atoms with Crippen molar-refractivity contribution in [1.29, 1.82) is 0 Å². The average Bonchev–Trinajstić information content (AvgIpc) is 3.22. The maximum Gasteiger partial charge on any atom is 0.226 e. The van der Waals surface area contributed by atoms with Gasteiger partial charge in [0, 0.05) is 41.5 Å². The standard InChI is InChI=1S/C24H23BN3O2/c29-16-25-12-17-5-8-28(9-6-17)15-18-3-4-20-13-26-14-22(21(20)10-18)23-11-19-2-1-7-27-24(19)30-23/h1-4,7,10-11,13-14,16-17H,5-6,8-9,12,15H2. The molecule has 0 atom stereocenters. The Kier molecular flexibility index (Phi) is 5.32. The molecule has 0 amide bonds. The number of piperidine rings is 1. The second-order valence-electron chi connectivity index (χ2n) is 8.08. The molecule has 0 N–H and O–H groups in total. The summed E-state index contributed by atoms with van der Waals surface area (Å²) in [5.74, 6) is 1.44. The van der Waals surface area contributed by atoms with Crippen LogP contribution in [-0.4, -0.2) is 41.4 Å². The summed E-state index contributed by atoms with van der Waals surface area (Å²) in [6.45, 7) is 3.09. The summed E-state index contributed by atoms with van der Waals surface area (Å²) >= 11 is 0. The summed E-state index contributed by atoms with van der Waals surface area (Å²) in [6, 6.07) is 12.6. The Bertz CT molecular complexity index is 1150. The Morgan fingerprint density at radius 3 is 2.87 bits per heavy atom. The second-order valence-corrected chi connectivity index (χ2v) is 8.08. The van der Waals surface area contributed by atoms with E-state index in [-0.39, 0.29) is 0 Å². The lowest BCUT2D eigenvalue weighted by molar-refractivity contribution is 0.185. The summed E-state index contributed by atoms with van der Waals surface area (Å²) in [5, 5.41) is 3.25. The molecule has 1 aliphatic heterocycles. The van der Waals surface area contributed by atoms with Crippen molar-refractivity contribution in [2.24, 2.45) is 5.92 Å². The molecule has 5 nitrogen and oxygen atoms in total. The molecule has 4 aromatic rings. The maximum absolute atomic E-state index is 10.6. The zero-order chi connectivity index (χ0) is 20.3. The van der Waals surface area contributed by atoms with E-state index in [0.29, 0.717) is 11.6 Å². The molecule has 0 saturated carbocycles. The number of carbonyl (C=O) groups excluding carboxylic acids is 1. The van der Waals surface area contributed by atoms with Gasteiger partial charge in [-0.2, -0.15) is 0 Å². The minimum atomic E-state index is 0.641. The number of hydrogen-bond donors (Lipinski definition) is 0. The Hall–Kier alpha value is -2.99. The molecule has 6 heteroatoms. The third-order valence-electron chi connectivity index (χ3n) is 6.06. The van der Waals surface area contributed by atoms with Crippen molar-refractivity contribution in [3.63, 3.8) is 0 Å². The van der Waals surface area contributed by atoms with Crippen LogP contribution in [0.4, 0.5) is 0 Å². The first-order chi connectivity index (χ1) is 14.8. The molecule has 30 heavy (non-hydrogen) atoms. The zero-order valence-corrected chi connectivity index (χ0v) is 16.8. The van der Waals surface area contributed by atoms with Crippen LogP contribution in [0.1, 0.15) is 18.4 Å². The highest BCUT2D eigenvalue weighted by molar-refractivity contribution is 6.66. The minimum Gasteiger partial charge on any atom is -0.438 e. The van der Waals surface area contributed by atoms with Gasteiger partial charge < -0.3 is 9.21 Å². The first-order valence-electron chi connectivity index (χ1n) is 10.5. The van der Waals surface area contributed by atoms with Crippen molar-refractivity contribution in [1.82, 2.24) is 14.9 Å². The van der Waals surface area contributed by atoms with E-state index < -0.39 is 0 Å². The van der Waals surface area contributed by atoms with Gasteiger partial charge in [0.1, 0.15) is 5.76 Å². The number of pyridine rings is 2. The summed E-state index contributed by atoms with van der Waals surface area (Å²) in [5.41, 5.74) is 2.94. The Morgan fingerprint density at radius 1 is 1.13 bits per heavy atom. The quantitative estimate of drug-likeness (QED) is 0.353. The second kappa shape index (κ2) is 8.40. The van der Waals surface area contributed by atoms with Crippen LogP contribution in [0.3, 0.4) is 0 Å². The molecule has 0 bridgehead atoms. The van der Waals surface area contributed by atoms with E-state index in [2.05, 4.69) is 33.1 Å². The molecule has 149 valence electrons. The maximum atomic E-state index is 10.6. The number of aromatic nitrogens is 2. The van der Waals surface area contributed by atoms with Gasteiger partial charge in [0.25, 0.3) is 0 Å². The predicted octanol–water partition coefficient (Wildman–Crippen LogP) is 4.57. The molecule has 0 unspecified atom stereocenters. The van der Waals surface area contributed by atoms with E-state index in [1.165, 1.54) is 5.56 Å². The topological polar surface area (TPSA) is 59.2 Å². The Morgan fingerprint density at radius 2 is 2.03 bits per heavy atom. The first kappa shape index (κ1) is 19.0. The van der Waals surface area contributed by atoms with Crippen molar-refractivity contribution >= 4 is 35.3 Å². The van der Waals surface area contributed by atoms with Crippen LogP contribution in [0.5, 0.6) is 0 Å². The number of hydrogen-bond acceptors (Lipinski definition) is 5. The highest BCUT2D eigenvalue weighted by Crippen LogP contribution is 2.32. The van der Waals surface area contributed by atoms with E-state index in [9.17, 15) is 4.79 Å². The van der Waals surface area contributed by atoms with Gasteiger partial charge in [0.2, 0.25) is 5.71 Å². The molecule has 1 radical (unpaired) electrons. The van der Waals surface area contributed by atoms with E-state index in [4.69, 9.17) is 4.42 Å². The van der Waals surface area contributed by atoms with Gasteiger partial charge in [0.15, 0.2) is 7.28 Å². The first-order valence-corrected chi connectivity index (χ1v) is 10.5. The van der Waals surface area contributed by atoms with Gasteiger partial charge >= 0.3 is 0 Å². The number of nitrogens with zero attached hydrogens (tertiary/aromatic N) is 3. The third kappa shape index (κ3) is 3.88. The summed E-state index contributed by atoms with van der Waals surface area (Å²) in [4.78, 5) is 21.8. The van der Waals surface area contributed by atoms with Crippen molar-refractivity contribution in [3.05, 3.63) is 60.6 Å². The van der Waals surface area contributed by atoms with Gasteiger partial charge in [-0.1, -0.05) is 18.5 Å². The number of likely N-dealkylation sites (tertiary alicyclic amines) is 1. The summed E-state index contributed by atoms with van der Waals surface area (Å²) in [6.07, 6.45) is 9.66. The van der Waals surface area contributed by atoms with Crippen LogP contribution in [0.15, 0.2) is 59.4 Å². The lowest BCUT2D eigenvalue weighted by Gasteiger charge is -2.31. The summed E-state index contributed by atoms with van der Waals surface area (Å²) in [7, 11) is 1.76. The van der Waals surface area contributed by atoms with Crippen LogP contribution in [0.25, 0.3) is 33.2 Å². The van der Waals surface area contributed by atoms with E-state index in [1.807, 2.05) is 30.6 Å². The third-order valence-corrected chi connectivity index (χ3v) is 6.06. The minimum absolute atomic E-state index is 0.641. The van der Waals surface area contributed by atoms with Gasteiger partial charge in [-0.3, -0.25) is 9.88 Å². The number of carbonyl (C=O) groups is 1. The van der Waals surface area contributed by atoms with Gasteiger partial charge in [0.05, 0.1) is 6.19 Å². The molecule has 1 saturated heterocycles. The van der Waals surface area contributed by atoms with E-state index in [1.54, 1.807) is 13.5 Å². The number of rotatable bonds is 6. The van der Waals surface area contributed by atoms with Crippen LogP contribution in [-0.2, 0) is 11.3 Å². The molecular formula is C24H23BN3O2. The molecule has 0 aliphatic carbocycles. The predicted molar refractivity (Wildman–Crippen MR) is 120 cm³/mol. The average molecular weight is 396 g/mol. The van der Waals surface area contributed by atoms with Crippen LogP contribution < -0.4 is 0 Å². The van der Waals surface area contributed by atoms with Crippen LogP contribution >= 0.6 is 0 Å². The highest BCUT2D eigenvalue weighted by Gasteiger charge is 2.19. The smallest absolute Gasteiger partial charge is 0.226 e. The molecule has 3 aromatic heterocycles. The highest BCUT2D eigenvalue weighted by atomic mass is 16.3. The van der Waals surface area contributed by atoms with Crippen molar-refractivity contribution in [2.75, 3.05) is 13.1 Å². The molecule has 5 rings (SSSR count). The monoisotopic (exact) mass is 396 g/mol. The van der Waals surface area contributed by atoms with Crippen molar-refractivity contribution < 1.29 is 9.21 Å². The van der Waals surface area contributed by atoms with Gasteiger partial charge in [-0.05, 0) is 67.1 Å². The zero-order valence-electron chi connectivity index (χ0n) is 16.8. The molecule has 0 spiro atoms. The van der Waals surface area contributed by atoms with E-state index >= 15 is 0 Å². The van der Waals surface area contributed by atoms with E-state index in [0.717, 1.165) is 72.5 Å².